The van der Waals surface area contributed by atoms with Crippen LogP contribution in [0.2, 0.25) is 0 Å². The monoisotopic (exact) mass is 332 g/mol. The lowest BCUT2D eigenvalue weighted by atomic mass is 10.2. The van der Waals surface area contributed by atoms with Gasteiger partial charge in [-0.15, -0.1) is 0 Å². The summed E-state index contributed by atoms with van der Waals surface area (Å²) in [5.41, 5.74) is 3.12. The molecule has 3 aromatic rings. The molecular formula is C15H13BrN2O2. The minimum absolute atomic E-state index is 0.365. The van der Waals surface area contributed by atoms with Gasteiger partial charge in [0.15, 0.2) is 0 Å². The van der Waals surface area contributed by atoms with Gasteiger partial charge in [-0.1, -0.05) is 42.5 Å². The van der Waals surface area contributed by atoms with E-state index < -0.39 is 0 Å². The van der Waals surface area contributed by atoms with Gasteiger partial charge in [0.25, 0.3) is 6.47 Å². The summed E-state index contributed by atoms with van der Waals surface area (Å²) < 4.78 is 6.36. The van der Waals surface area contributed by atoms with E-state index in [4.69, 9.17) is 0 Å². The van der Waals surface area contributed by atoms with Gasteiger partial charge in [-0.25, -0.2) is 4.98 Å². The average Bonchev–Trinajstić information content (AvgIpc) is 2.89. The van der Waals surface area contributed by atoms with Crippen molar-refractivity contribution in [3.05, 3.63) is 66.5 Å². The van der Waals surface area contributed by atoms with Gasteiger partial charge in [0.1, 0.15) is 12.9 Å². The molecule has 0 saturated heterocycles. The molecule has 0 unspecified atom stereocenters. The number of halogens is 1. The molecule has 0 fully saturated rings. The van der Waals surface area contributed by atoms with Crippen LogP contribution in [0.5, 0.6) is 0 Å². The van der Waals surface area contributed by atoms with Crippen molar-refractivity contribution in [3.63, 3.8) is 0 Å². The van der Waals surface area contributed by atoms with Crippen LogP contribution >= 0.6 is 16.1 Å². The highest BCUT2D eigenvalue weighted by atomic mass is 79.9. The zero-order valence-electron chi connectivity index (χ0n) is 10.6. The van der Waals surface area contributed by atoms with E-state index in [1.807, 2.05) is 58.2 Å². The van der Waals surface area contributed by atoms with Crippen LogP contribution in [0.15, 0.2) is 60.9 Å². The molecule has 0 atom stereocenters. The minimum Gasteiger partial charge on any atom is -0.463 e. The number of aromatic nitrogens is 2. The molecule has 0 aliphatic heterocycles. The lowest BCUT2D eigenvalue weighted by molar-refractivity contribution is -0.129. The molecule has 5 heteroatoms. The maximum absolute atomic E-state index is 9.76. The predicted octanol–water partition coefficient (Wildman–Crippen LogP) is 3.55. The van der Waals surface area contributed by atoms with E-state index in [2.05, 4.69) is 25.9 Å². The fourth-order valence-corrected chi connectivity index (χ4v) is 2.02. The number of ether oxygens (including phenoxy) is 1. The van der Waals surface area contributed by atoms with Gasteiger partial charge in [0.05, 0.1) is 27.2 Å². The molecule has 20 heavy (non-hydrogen) atoms. The third-order valence-corrected chi connectivity index (χ3v) is 3.14. The van der Waals surface area contributed by atoms with Crippen LogP contribution in [0.1, 0.15) is 5.56 Å². The zero-order valence-corrected chi connectivity index (χ0v) is 12.2. The second-order valence-electron chi connectivity index (χ2n) is 3.94. The molecule has 0 aliphatic rings. The molecule has 1 aromatic heterocycles. The summed E-state index contributed by atoms with van der Waals surface area (Å²) in [4.78, 5) is 13.9. The number of carbonyl (C=O) groups excluding carboxylic acids is 1. The van der Waals surface area contributed by atoms with E-state index in [0.29, 0.717) is 13.1 Å². The largest absolute Gasteiger partial charge is 0.463 e. The molecule has 0 amide bonds. The molecule has 1 heterocycles. The predicted molar refractivity (Wildman–Crippen MR) is 81.4 cm³/mol. The Labute approximate surface area is 125 Å². The fraction of sp³-hybridized carbons (Fsp3) is 0.0667. The molecule has 0 aliphatic carbocycles. The Morgan fingerprint density at radius 2 is 1.80 bits per heavy atom. The van der Waals surface area contributed by atoms with Crippen LogP contribution < -0.4 is 0 Å². The third-order valence-electron chi connectivity index (χ3n) is 2.57. The second-order valence-corrected chi connectivity index (χ2v) is 4.70. The number of benzene rings is 2. The van der Waals surface area contributed by atoms with Gasteiger partial charge < -0.3 is 4.74 Å². The summed E-state index contributed by atoms with van der Waals surface area (Å²) >= 11 is 3.32. The Kier molecular flexibility index (Phi) is 5.32. The number of imidazole rings is 1. The second kappa shape index (κ2) is 7.45. The first-order valence-corrected chi connectivity index (χ1v) is 6.69. The zero-order chi connectivity index (χ0) is 14.2. The van der Waals surface area contributed by atoms with Crippen molar-refractivity contribution in [2.45, 2.75) is 6.61 Å². The number of fused-ring (bicyclic) bond motifs is 1. The molecular weight excluding hydrogens is 320 g/mol. The van der Waals surface area contributed by atoms with E-state index in [1.165, 1.54) is 0 Å². The smallest absolute Gasteiger partial charge is 0.293 e. The van der Waals surface area contributed by atoms with E-state index in [1.54, 1.807) is 6.33 Å². The van der Waals surface area contributed by atoms with Crippen LogP contribution in [0, 0.1) is 0 Å². The van der Waals surface area contributed by atoms with Crippen LogP contribution in [0.25, 0.3) is 11.0 Å². The number of hydrogen-bond acceptors (Lipinski definition) is 3. The molecule has 2 aromatic carbocycles. The van der Waals surface area contributed by atoms with Crippen molar-refractivity contribution in [2.24, 2.45) is 0 Å². The van der Waals surface area contributed by atoms with Gasteiger partial charge in [-0.3, -0.25) is 8.39 Å². The van der Waals surface area contributed by atoms with Gasteiger partial charge in [0.2, 0.25) is 0 Å². The van der Waals surface area contributed by atoms with Crippen LogP contribution in [0.4, 0.5) is 0 Å². The first-order valence-electron chi connectivity index (χ1n) is 5.98. The first kappa shape index (κ1) is 14.3. The Hall–Kier alpha value is -2.14. The van der Waals surface area contributed by atoms with Gasteiger partial charge in [0, 0.05) is 0 Å². The SMILES string of the molecule is Brn1cnc2ccccc21.O=COCc1ccccc1. The molecule has 3 rings (SSSR count). The molecule has 0 radical (unpaired) electrons. The Bertz CT molecular complexity index is 668. The summed E-state index contributed by atoms with van der Waals surface area (Å²) in [6.45, 7) is 0.817. The lowest BCUT2D eigenvalue weighted by Gasteiger charge is -1.95. The van der Waals surface area contributed by atoms with Gasteiger partial charge in [-0.05, 0) is 17.7 Å². The van der Waals surface area contributed by atoms with Crippen LogP contribution in [-0.2, 0) is 16.1 Å². The van der Waals surface area contributed by atoms with E-state index >= 15 is 0 Å². The Morgan fingerprint density at radius 3 is 2.50 bits per heavy atom. The summed E-state index contributed by atoms with van der Waals surface area (Å²) in [5, 5.41) is 0. The molecule has 0 N–H and O–H groups in total. The van der Waals surface area contributed by atoms with Crippen LogP contribution in [-0.4, -0.2) is 15.0 Å². The maximum atomic E-state index is 9.76. The normalized spacial score (nSPS) is 9.65. The quantitative estimate of drug-likeness (QED) is 0.689. The van der Waals surface area contributed by atoms with Gasteiger partial charge in [-0.2, -0.15) is 0 Å². The number of para-hydroxylation sites is 2. The molecule has 0 saturated carbocycles. The maximum Gasteiger partial charge on any atom is 0.293 e. The van der Waals surface area contributed by atoms with Crippen molar-refractivity contribution in [2.75, 3.05) is 0 Å². The van der Waals surface area contributed by atoms with Crippen molar-refractivity contribution in [1.29, 1.82) is 0 Å². The number of hydrogen-bond donors (Lipinski definition) is 0. The Balaban J connectivity index is 0.000000147. The number of rotatable bonds is 3. The summed E-state index contributed by atoms with van der Waals surface area (Å²) in [7, 11) is 0. The number of nitrogens with zero attached hydrogens (tertiary/aromatic N) is 2. The van der Waals surface area contributed by atoms with E-state index in [-0.39, 0.29) is 0 Å². The molecule has 4 nitrogen and oxygen atoms in total. The van der Waals surface area contributed by atoms with Crippen molar-refractivity contribution < 1.29 is 9.53 Å². The average molecular weight is 333 g/mol. The highest BCUT2D eigenvalue weighted by Gasteiger charge is 1.95. The standard InChI is InChI=1S/C8H8O2.C7H5BrN2/c9-7-10-6-8-4-2-1-3-5-8;8-10-5-9-6-3-1-2-4-7(6)10/h1-5,7H,6H2;1-5H. The third kappa shape index (κ3) is 3.93. The highest BCUT2D eigenvalue weighted by Crippen LogP contribution is 2.12. The summed E-state index contributed by atoms with van der Waals surface area (Å²) in [6, 6.07) is 17.5. The number of carbonyl (C=O) groups is 1. The topological polar surface area (TPSA) is 44.1 Å². The highest BCUT2D eigenvalue weighted by molar-refractivity contribution is 9.08. The first-order chi connectivity index (χ1) is 9.81. The summed E-state index contributed by atoms with van der Waals surface area (Å²) in [5.74, 6) is 0. The van der Waals surface area contributed by atoms with Crippen molar-refractivity contribution in [1.82, 2.24) is 8.58 Å². The summed E-state index contributed by atoms with van der Waals surface area (Å²) in [6.07, 6.45) is 1.74. The van der Waals surface area contributed by atoms with Gasteiger partial charge >= 0.3 is 0 Å². The van der Waals surface area contributed by atoms with E-state index in [0.717, 1.165) is 16.6 Å². The molecule has 102 valence electrons. The molecule has 0 bridgehead atoms. The van der Waals surface area contributed by atoms with Crippen molar-refractivity contribution >= 4 is 33.7 Å². The minimum atomic E-state index is 0.365. The van der Waals surface area contributed by atoms with E-state index in [9.17, 15) is 4.79 Å². The lowest BCUT2D eigenvalue weighted by Crippen LogP contribution is -1.88. The molecule has 0 spiro atoms. The Morgan fingerprint density at radius 1 is 1.10 bits per heavy atom. The fourth-order valence-electron chi connectivity index (χ4n) is 1.63. The van der Waals surface area contributed by atoms with Crippen LogP contribution in [0.3, 0.4) is 0 Å². The van der Waals surface area contributed by atoms with Crippen molar-refractivity contribution in [3.8, 4) is 0 Å².